The maximum atomic E-state index is 6.18. The number of halogens is 1. The highest BCUT2D eigenvalue weighted by Gasteiger charge is 2.30. The Morgan fingerprint density at radius 2 is 1.94 bits per heavy atom. The van der Waals surface area contributed by atoms with E-state index in [0.29, 0.717) is 5.88 Å². The average Bonchev–Trinajstić information content (AvgIpc) is 2.46. The number of nitrogens with one attached hydrogen (secondary N) is 1. The third-order valence-electron chi connectivity index (χ3n) is 3.91. The number of ether oxygens (including phenoxy) is 1. The van der Waals surface area contributed by atoms with Crippen LogP contribution in [0.5, 0.6) is 5.75 Å². The smallest absolute Gasteiger partial charge is 0.123 e. The van der Waals surface area contributed by atoms with Gasteiger partial charge in [0.15, 0.2) is 0 Å². The number of methoxy groups -OCH3 is 1. The minimum atomic E-state index is 0.126. The maximum absolute atomic E-state index is 6.18. The van der Waals surface area contributed by atoms with Crippen molar-refractivity contribution in [1.29, 1.82) is 0 Å². The molecule has 2 nitrogen and oxygen atoms in total. The molecule has 18 heavy (non-hydrogen) atoms. The molecule has 1 aromatic rings. The van der Waals surface area contributed by atoms with Crippen LogP contribution in [0.15, 0.2) is 24.3 Å². The first-order chi connectivity index (χ1) is 8.79. The van der Waals surface area contributed by atoms with E-state index in [2.05, 4.69) is 11.4 Å². The van der Waals surface area contributed by atoms with Crippen molar-refractivity contribution in [3.8, 4) is 5.75 Å². The molecule has 0 saturated heterocycles. The molecule has 100 valence electrons. The van der Waals surface area contributed by atoms with E-state index in [1.54, 1.807) is 7.11 Å². The molecule has 1 aromatic carbocycles. The van der Waals surface area contributed by atoms with E-state index in [0.717, 1.165) is 12.3 Å². The summed E-state index contributed by atoms with van der Waals surface area (Å²) in [5, 5.41) is 3.66. The Bertz CT molecular complexity index is 375. The fourth-order valence-corrected chi connectivity index (χ4v) is 3.08. The standard InChI is InChI=1S/C15H22ClNO/c1-18-14-8-4-3-7-13(14)11-17-15(12-16)9-5-2-6-10-15/h3-4,7-8,17H,2,5-6,9-12H2,1H3. The van der Waals surface area contributed by atoms with Crippen molar-refractivity contribution in [2.45, 2.75) is 44.2 Å². The molecule has 0 aliphatic heterocycles. The van der Waals surface area contributed by atoms with Crippen molar-refractivity contribution >= 4 is 11.6 Å². The molecule has 2 rings (SSSR count). The Morgan fingerprint density at radius 1 is 1.22 bits per heavy atom. The lowest BCUT2D eigenvalue weighted by molar-refractivity contribution is 0.255. The van der Waals surface area contributed by atoms with Crippen molar-refractivity contribution in [3.05, 3.63) is 29.8 Å². The third kappa shape index (κ3) is 3.18. The second-order valence-electron chi connectivity index (χ2n) is 5.14. The normalized spacial score (nSPS) is 18.6. The molecule has 0 aromatic heterocycles. The summed E-state index contributed by atoms with van der Waals surface area (Å²) in [6.45, 7) is 0.830. The first kappa shape index (κ1) is 13.7. The minimum absolute atomic E-state index is 0.126. The van der Waals surface area contributed by atoms with Gasteiger partial charge in [0.1, 0.15) is 5.75 Å². The molecule has 1 aliphatic rings. The number of hydrogen-bond donors (Lipinski definition) is 1. The molecule has 0 atom stereocenters. The van der Waals surface area contributed by atoms with Gasteiger partial charge in [-0.3, -0.25) is 0 Å². The summed E-state index contributed by atoms with van der Waals surface area (Å²) in [4.78, 5) is 0. The highest BCUT2D eigenvalue weighted by atomic mass is 35.5. The number of hydrogen-bond acceptors (Lipinski definition) is 2. The molecule has 1 saturated carbocycles. The fourth-order valence-electron chi connectivity index (χ4n) is 2.72. The van der Waals surface area contributed by atoms with Gasteiger partial charge in [-0.25, -0.2) is 0 Å². The molecule has 1 fully saturated rings. The Morgan fingerprint density at radius 3 is 2.61 bits per heavy atom. The van der Waals surface area contributed by atoms with Crippen LogP contribution < -0.4 is 10.1 Å². The zero-order valence-electron chi connectivity index (χ0n) is 11.0. The average molecular weight is 268 g/mol. The Labute approximate surface area is 115 Å². The highest BCUT2D eigenvalue weighted by molar-refractivity contribution is 6.18. The number of alkyl halides is 1. The van der Waals surface area contributed by atoms with Crippen LogP contribution in [0.25, 0.3) is 0 Å². The quantitative estimate of drug-likeness (QED) is 0.821. The molecule has 1 aliphatic carbocycles. The summed E-state index contributed by atoms with van der Waals surface area (Å²) in [7, 11) is 1.72. The Balaban J connectivity index is 2.01. The molecule has 1 N–H and O–H groups in total. The van der Waals surface area contributed by atoms with Gasteiger partial charge in [-0.15, -0.1) is 11.6 Å². The number of rotatable bonds is 5. The molecule has 0 amide bonds. The van der Waals surface area contributed by atoms with E-state index in [1.165, 1.54) is 37.7 Å². The van der Waals surface area contributed by atoms with E-state index in [4.69, 9.17) is 16.3 Å². The fraction of sp³-hybridized carbons (Fsp3) is 0.600. The molecule has 0 bridgehead atoms. The van der Waals surface area contributed by atoms with Crippen molar-refractivity contribution < 1.29 is 4.74 Å². The van der Waals surface area contributed by atoms with Gasteiger partial charge in [0, 0.05) is 23.5 Å². The van der Waals surface area contributed by atoms with Gasteiger partial charge in [0.25, 0.3) is 0 Å². The molecular weight excluding hydrogens is 246 g/mol. The second-order valence-corrected chi connectivity index (χ2v) is 5.41. The third-order valence-corrected chi connectivity index (χ3v) is 4.42. The van der Waals surface area contributed by atoms with Gasteiger partial charge < -0.3 is 10.1 Å². The molecule has 0 spiro atoms. The Hall–Kier alpha value is -0.730. The predicted octanol–water partition coefficient (Wildman–Crippen LogP) is 3.73. The molecule has 0 unspecified atom stereocenters. The van der Waals surface area contributed by atoms with E-state index in [9.17, 15) is 0 Å². The molecule has 3 heteroatoms. The summed E-state index contributed by atoms with van der Waals surface area (Å²) in [5.41, 5.74) is 1.33. The molecule has 0 radical (unpaired) electrons. The summed E-state index contributed by atoms with van der Waals surface area (Å²) in [6, 6.07) is 8.16. The van der Waals surface area contributed by atoms with Gasteiger partial charge in [-0.1, -0.05) is 37.5 Å². The van der Waals surface area contributed by atoms with Crippen molar-refractivity contribution in [2.75, 3.05) is 13.0 Å². The first-order valence-electron chi connectivity index (χ1n) is 6.72. The van der Waals surface area contributed by atoms with E-state index >= 15 is 0 Å². The number of para-hydroxylation sites is 1. The predicted molar refractivity (Wildman–Crippen MR) is 76.4 cm³/mol. The zero-order chi connectivity index (χ0) is 12.8. The van der Waals surface area contributed by atoms with Gasteiger partial charge in [-0.2, -0.15) is 0 Å². The number of benzene rings is 1. The van der Waals surface area contributed by atoms with Crippen LogP contribution >= 0.6 is 11.6 Å². The van der Waals surface area contributed by atoms with Gasteiger partial charge in [0.2, 0.25) is 0 Å². The van der Waals surface area contributed by atoms with Crippen LogP contribution in [0.4, 0.5) is 0 Å². The lowest BCUT2D eigenvalue weighted by Gasteiger charge is -2.37. The van der Waals surface area contributed by atoms with Crippen LogP contribution in [0.2, 0.25) is 0 Å². The summed E-state index contributed by atoms with van der Waals surface area (Å²) in [6.07, 6.45) is 6.28. The SMILES string of the molecule is COc1ccccc1CNC1(CCl)CCCCC1. The van der Waals surface area contributed by atoms with Crippen molar-refractivity contribution in [2.24, 2.45) is 0 Å². The Kier molecular flexibility index (Phi) is 4.90. The van der Waals surface area contributed by atoms with Crippen LogP contribution in [0.3, 0.4) is 0 Å². The summed E-state index contributed by atoms with van der Waals surface area (Å²) >= 11 is 6.18. The first-order valence-corrected chi connectivity index (χ1v) is 7.26. The van der Waals surface area contributed by atoms with Gasteiger partial charge in [0.05, 0.1) is 7.11 Å². The van der Waals surface area contributed by atoms with Crippen LogP contribution in [0, 0.1) is 0 Å². The molecule has 0 heterocycles. The lowest BCUT2D eigenvalue weighted by atomic mass is 9.83. The maximum Gasteiger partial charge on any atom is 0.123 e. The van der Waals surface area contributed by atoms with Crippen molar-refractivity contribution in [3.63, 3.8) is 0 Å². The van der Waals surface area contributed by atoms with Gasteiger partial charge in [-0.05, 0) is 18.9 Å². The van der Waals surface area contributed by atoms with E-state index < -0.39 is 0 Å². The highest BCUT2D eigenvalue weighted by Crippen LogP contribution is 2.30. The van der Waals surface area contributed by atoms with E-state index in [1.807, 2.05) is 18.2 Å². The van der Waals surface area contributed by atoms with Crippen LogP contribution in [-0.2, 0) is 6.54 Å². The van der Waals surface area contributed by atoms with E-state index in [-0.39, 0.29) is 5.54 Å². The monoisotopic (exact) mass is 267 g/mol. The summed E-state index contributed by atoms with van der Waals surface area (Å²) < 4.78 is 5.38. The largest absolute Gasteiger partial charge is 0.496 e. The lowest BCUT2D eigenvalue weighted by Crippen LogP contribution is -2.48. The minimum Gasteiger partial charge on any atom is -0.496 e. The zero-order valence-corrected chi connectivity index (χ0v) is 11.8. The summed E-state index contributed by atoms with van der Waals surface area (Å²) in [5.74, 6) is 1.65. The van der Waals surface area contributed by atoms with Gasteiger partial charge >= 0.3 is 0 Å². The topological polar surface area (TPSA) is 21.3 Å². The second kappa shape index (κ2) is 6.44. The van der Waals surface area contributed by atoms with Crippen LogP contribution in [0.1, 0.15) is 37.7 Å². The van der Waals surface area contributed by atoms with Crippen molar-refractivity contribution in [1.82, 2.24) is 5.32 Å². The van der Waals surface area contributed by atoms with Crippen LogP contribution in [-0.4, -0.2) is 18.5 Å². The molecular formula is C15H22ClNO.